The first-order valence-corrected chi connectivity index (χ1v) is 5.85. The number of hydrogen-bond acceptors (Lipinski definition) is 4. The quantitative estimate of drug-likeness (QED) is 0.860. The van der Waals surface area contributed by atoms with Gasteiger partial charge in [0.25, 0.3) is 5.91 Å². The highest BCUT2D eigenvalue weighted by atomic mass is 16.2. The molecule has 0 aliphatic carbocycles. The van der Waals surface area contributed by atoms with Crippen LogP contribution in [0, 0.1) is 0 Å². The van der Waals surface area contributed by atoms with Gasteiger partial charge in [0.15, 0.2) is 0 Å². The fraction of sp³-hybridized carbons (Fsp3) is 0.333. The van der Waals surface area contributed by atoms with Crippen molar-refractivity contribution in [3.05, 3.63) is 42.2 Å². The lowest BCUT2D eigenvalue weighted by Gasteiger charge is -2.20. The van der Waals surface area contributed by atoms with Crippen molar-refractivity contribution in [3.63, 3.8) is 0 Å². The number of amides is 1. The Kier molecular flexibility index (Phi) is 4.01. The monoisotopic (exact) mass is 245 g/mol. The Labute approximate surface area is 105 Å². The zero-order valence-electron chi connectivity index (χ0n) is 10.2. The molecule has 0 aliphatic rings. The molecule has 0 saturated carbocycles. The standard InChI is InChI=1S/C12H15N5O/c1-2-8-17(9-11-13-5-3-6-14-11)12(18)10-4-7-15-16-10/h3-7H,2,8-9H2,1H3,(H,15,16). The molecule has 0 atom stereocenters. The van der Waals surface area contributed by atoms with Crippen LogP contribution in [0.4, 0.5) is 0 Å². The minimum atomic E-state index is -0.0817. The molecule has 2 heterocycles. The first-order valence-electron chi connectivity index (χ1n) is 5.85. The van der Waals surface area contributed by atoms with Crippen molar-refractivity contribution in [2.45, 2.75) is 19.9 Å². The summed E-state index contributed by atoms with van der Waals surface area (Å²) >= 11 is 0. The molecule has 0 radical (unpaired) electrons. The minimum absolute atomic E-state index is 0.0817. The van der Waals surface area contributed by atoms with E-state index in [-0.39, 0.29) is 5.91 Å². The molecule has 6 nitrogen and oxygen atoms in total. The molecule has 0 unspecified atom stereocenters. The van der Waals surface area contributed by atoms with Crippen LogP contribution in [0.15, 0.2) is 30.7 Å². The highest BCUT2D eigenvalue weighted by Gasteiger charge is 2.17. The largest absolute Gasteiger partial charge is 0.330 e. The van der Waals surface area contributed by atoms with E-state index in [2.05, 4.69) is 20.2 Å². The van der Waals surface area contributed by atoms with Crippen molar-refractivity contribution in [2.75, 3.05) is 6.54 Å². The van der Waals surface area contributed by atoms with Crippen LogP contribution in [0.2, 0.25) is 0 Å². The van der Waals surface area contributed by atoms with Crippen molar-refractivity contribution in [1.82, 2.24) is 25.1 Å². The topological polar surface area (TPSA) is 74.8 Å². The van der Waals surface area contributed by atoms with Crippen molar-refractivity contribution in [1.29, 1.82) is 0 Å². The van der Waals surface area contributed by atoms with E-state index in [0.29, 0.717) is 24.6 Å². The van der Waals surface area contributed by atoms with Gasteiger partial charge in [-0.25, -0.2) is 9.97 Å². The summed E-state index contributed by atoms with van der Waals surface area (Å²) in [6.07, 6.45) is 5.79. The summed E-state index contributed by atoms with van der Waals surface area (Å²) < 4.78 is 0. The van der Waals surface area contributed by atoms with E-state index >= 15 is 0 Å². The smallest absolute Gasteiger partial charge is 0.272 e. The second-order valence-corrected chi connectivity index (χ2v) is 3.86. The molecular formula is C12H15N5O. The highest BCUT2D eigenvalue weighted by molar-refractivity contribution is 5.92. The molecule has 1 N–H and O–H groups in total. The summed E-state index contributed by atoms with van der Waals surface area (Å²) in [5.74, 6) is 0.556. The van der Waals surface area contributed by atoms with Crippen LogP contribution in [-0.4, -0.2) is 37.5 Å². The third-order valence-electron chi connectivity index (χ3n) is 2.46. The number of carbonyl (C=O) groups excluding carboxylic acids is 1. The number of rotatable bonds is 5. The van der Waals surface area contributed by atoms with E-state index in [0.717, 1.165) is 6.42 Å². The third-order valence-corrected chi connectivity index (χ3v) is 2.46. The lowest BCUT2D eigenvalue weighted by molar-refractivity contribution is 0.0733. The first kappa shape index (κ1) is 12.2. The van der Waals surface area contributed by atoms with E-state index in [1.807, 2.05) is 6.92 Å². The van der Waals surface area contributed by atoms with Crippen LogP contribution in [0.25, 0.3) is 0 Å². The van der Waals surface area contributed by atoms with E-state index in [1.54, 1.807) is 35.6 Å². The van der Waals surface area contributed by atoms with Gasteiger partial charge in [0.1, 0.15) is 11.5 Å². The Morgan fingerprint density at radius 2 is 2.11 bits per heavy atom. The highest BCUT2D eigenvalue weighted by Crippen LogP contribution is 2.05. The Morgan fingerprint density at radius 3 is 2.72 bits per heavy atom. The molecule has 0 spiro atoms. The summed E-state index contributed by atoms with van der Waals surface area (Å²) in [5, 5.41) is 6.47. The van der Waals surface area contributed by atoms with Crippen molar-refractivity contribution in [3.8, 4) is 0 Å². The molecule has 2 rings (SSSR count). The maximum Gasteiger partial charge on any atom is 0.272 e. The molecule has 94 valence electrons. The predicted molar refractivity (Wildman–Crippen MR) is 65.7 cm³/mol. The zero-order valence-corrected chi connectivity index (χ0v) is 10.2. The van der Waals surface area contributed by atoms with Crippen LogP contribution in [0.5, 0.6) is 0 Å². The van der Waals surface area contributed by atoms with Gasteiger partial charge < -0.3 is 4.90 Å². The SMILES string of the molecule is CCCN(Cc1ncccn1)C(=O)c1ccn[nH]1. The number of aromatic nitrogens is 4. The summed E-state index contributed by atoms with van der Waals surface area (Å²) in [7, 11) is 0. The number of H-pyrrole nitrogens is 1. The summed E-state index contributed by atoms with van der Waals surface area (Å²) in [5.41, 5.74) is 0.486. The molecule has 2 aromatic rings. The zero-order chi connectivity index (χ0) is 12.8. The van der Waals surface area contributed by atoms with Gasteiger partial charge in [-0.05, 0) is 18.6 Å². The average molecular weight is 245 g/mol. The second-order valence-electron chi connectivity index (χ2n) is 3.86. The number of nitrogens with zero attached hydrogens (tertiary/aromatic N) is 4. The Hall–Kier alpha value is -2.24. The summed E-state index contributed by atoms with van der Waals surface area (Å²) in [6, 6.07) is 3.42. The van der Waals surface area contributed by atoms with Crippen LogP contribution in [0.1, 0.15) is 29.7 Å². The maximum absolute atomic E-state index is 12.2. The van der Waals surface area contributed by atoms with Crippen LogP contribution in [0.3, 0.4) is 0 Å². The molecular weight excluding hydrogens is 230 g/mol. The molecule has 0 saturated heterocycles. The lowest BCUT2D eigenvalue weighted by Crippen LogP contribution is -2.32. The first-order chi connectivity index (χ1) is 8.81. The van der Waals surface area contributed by atoms with Gasteiger partial charge in [-0.15, -0.1) is 0 Å². The molecule has 6 heteroatoms. The minimum Gasteiger partial charge on any atom is -0.330 e. The fourth-order valence-corrected chi connectivity index (χ4v) is 1.65. The third kappa shape index (κ3) is 2.91. The molecule has 0 bridgehead atoms. The number of nitrogens with one attached hydrogen (secondary N) is 1. The summed E-state index contributed by atoms with van der Waals surface area (Å²) in [4.78, 5) is 22.2. The van der Waals surface area contributed by atoms with Crippen molar-refractivity contribution in [2.24, 2.45) is 0 Å². The predicted octanol–water partition coefficient (Wildman–Crippen LogP) is 1.25. The Bertz CT molecular complexity index is 482. The van der Waals surface area contributed by atoms with Gasteiger partial charge in [-0.2, -0.15) is 5.10 Å². The Morgan fingerprint density at radius 1 is 1.33 bits per heavy atom. The Balaban J connectivity index is 2.11. The molecule has 1 amide bonds. The van der Waals surface area contributed by atoms with E-state index in [1.165, 1.54) is 0 Å². The number of carbonyl (C=O) groups is 1. The van der Waals surface area contributed by atoms with Gasteiger partial charge >= 0.3 is 0 Å². The average Bonchev–Trinajstić information content (AvgIpc) is 2.92. The van der Waals surface area contributed by atoms with Crippen LogP contribution < -0.4 is 0 Å². The van der Waals surface area contributed by atoms with E-state index in [9.17, 15) is 4.79 Å². The molecule has 2 aromatic heterocycles. The maximum atomic E-state index is 12.2. The van der Waals surface area contributed by atoms with Gasteiger partial charge in [0.05, 0.1) is 6.54 Å². The van der Waals surface area contributed by atoms with Crippen LogP contribution >= 0.6 is 0 Å². The summed E-state index contributed by atoms with van der Waals surface area (Å²) in [6.45, 7) is 3.10. The second kappa shape index (κ2) is 5.90. The van der Waals surface area contributed by atoms with Crippen molar-refractivity contribution >= 4 is 5.91 Å². The fourth-order valence-electron chi connectivity index (χ4n) is 1.65. The van der Waals surface area contributed by atoms with Gasteiger partial charge in [-0.1, -0.05) is 6.92 Å². The van der Waals surface area contributed by atoms with Gasteiger partial charge in [0, 0.05) is 25.1 Å². The van der Waals surface area contributed by atoms with Crippen molar-refractivity contribution < 1.29 is 4.79 Å². The van der Waals surface area contributed by atoms with Gasteiger partial charge in [0.2, 0.25) is 0 Å². The van der Waals surface area contributed by atoms with E-state index in [4.69, 9.17) is 0 Å². The lowest BCUT2D eigenvalue weighted by atomic mass is 10.3. The van der Waals surface area contributed by atoms with Gasteiger partial charge in [-0.3, -0.25) is 9.89 Å². The molecule has 0 fully saturated rings. The normalized spacial score (nSPS) is 10.3. The number of aromatic amines is 1. The van der Waals surface area contributed by atoms with Crippen LogP contribution in [-0.2, 0) is 6.54 Å². The molecule has 0 aromatic carbocycles. The van der Waals surface area contributed by atoms with E-state index < -0.39 is 0 Å². The molecule has 18 heavy (non-hydrogen) atoms. The number of hydrogen-bond donors (Lipinski definition) is 1. The molecule has 0 aliphatic heterocycles.